The van der Waals surface area contributed by atoms with Crippen LogP contribution in [0.1, 0.15) is 5.56 Å². The zero-order chi connectivity index (χ0) is 13.5. The molecule has 0 bridgehead atoms. The van der Waals surface area contributed by atoms with Crippen molar-refractivity contribution in [3.8, 4) is 11.1 Å². The molecule has 20 heavy (non-hydrogen) atoms. The number of nitrogens with zero attached hydrogens (tertiary/aromatic N) is 2. The number of nitrogens with one attached hydrogen (secondary N) is 1. The lowest BCUT2D eigenvalue weighted by atomic mass is 9.96. The van der Waals surface area contributed by atoms with Crippen LogP contribution in [-0.2, 0) is 0 Å². The molecule has 0 spiro atoms. The van der Waals surface area contributed by atoms with Crippen LogP contribution in [0, 0.1) is 6.92 Å². The summed E-state index contributed by atoms with van der Waals surface area (Å²) in [5, 5.41) is 2.34. The largest absolute Gasteiger partial charge is 0.360 e. The first-order valence-electron chi connectivity index (χ1n) is 6.60. The second-order valence-electron chi connectivity index (χ2n) is 4.96. The van der Waals surface area contributed by atoms with Crippen LogP contribution in [0.5, 0.6) is 0 Å². The number of aromatic amines is 1. The number of aryl methyl sites for hydroxylation is 1. The van der Waals surface area contributed by atoms with E-state index in [2.05, 4.69) is 46.1 Å². The van der Waals surface area contributed by atoms with Crippen LogP contribution in [0.15, 0.2) is 55.1 Å². The van der Waals surface area contributed by atoms with Gasteiger partial charge in [-0.3, -0.25) is 9.97 Å². The van der Waals surface area contributed by atoms with Gasteiger partial charge in [0, 0.05) is 40.5 Å². The third-order valence-electron chi connectivity index (χ3n) is 3.73. The predicted octanol–water partition coefficient (Wildman–Crippen LogP) is 4.09. The molecule has 1 aromatic carbocycles. The SMILES string of the molecule is Cc1ccc2cccnc2c1-c1cncc2[nH]ccc12. The topological polar surface area (TPSA) is 41.6 Å². The van der Waals surface area contributed by atoms with Crippen LogP contribution in [0.2, 0.25) is 0 Å². The first-order chi connectivity index (χ1) is 9.84. The summed E-state index contributed by atoms with van der Waals surface area (Å²) < 4.78 is 0. The Morgan fingerprint density at radius 3 is 2.95 bits per heavy atom. The van der Waals surface area contributed by atoms with Gasteiger partial charge in [-0.05, 0) is 24.6 Å². The van der Waals surface area contributed by atoms with E-state index in [1.54, 1.807) is 0 Å². The van der Waals surface area contributed by atoms with Crippen molar-refractivity contribution in [3.05, 3.63) is 60.7 Å². The highest BCUT2D eigenvalue weighted by molar-refractivity contribution is 6.03. The van der Waals surface area contributed by atoms with E-state index in [4.69, 9.17) is 0 Å². The Morgan fingerprint density at radius 1 is 1.05 bits per heavy atom. The number of fused-ring (bicyclic) bond motifs is 2. The van der Waals surface area contributed by atoms with Crippen molar-refractivity contribution in [2.24, 2.45) is 0 Å². The third-order valence-corrected chi connectivity index (χ3v) is 3.73. The highest BCUT2D eigenvalue weighted by atomic mass is 14.7. The molecule has 0 aliphatic rings. The third kappa shape index (κ3) is 1.53. The van der Waals surface area contributed by atoms with Gasteiger partial charge < -0.3 is 4.98 Å². The van der Waals surface area contributed by atoms with Crippen molar-refractivity contribution in [2.75, 3.05) is 0 Å². The molecule has 3 heterocycles. The van der Waals surface area contributed by atoms with Crippen LogP contribution < -0.4 is 0 Å². The molecule has 0 aliphatic heterocycles. The summed E-state index contributed by atoms with van der Waals surface area (Å²) >= 11 is 0. The van der Waals surface area contributed by atoms with E-state index in [0.29, 0.717) is 0 Å². The Labute approximate surface area is 116 Å². The summed E-state index contributed by atoms with van der Waals surface area (Å²) in [5.41, 5.74) is 5.59. The van der Waals surface area contributed by atoms with E-state index < -0.39 is 0 Å². The van der Waals surface area contributed by atoms with Crippen molar-refractivity contribution in [1.29, 1.82) is 0 Å². The highest BCUT2D eigenvalue weighted by Gasteiger charge is 2.12. The summed E-state index contributed by atoms with van der Waals surface area (Å²) in [6.07, 6.45) is 7.57. The van der Waals surface area contributed by atoms with Gasteiger partial charge in [0.05, 0.1) is 17.2 Å². The quantitative estimate of drug-likeness (QED) is 0.559. The number of H-pyrrole nitrogens is 1. The summed E-state index contributed by atoms with van der Waals surface area (Å²) in [4.78, 5) is 12.1. The maximum Gasteiger partial charge on any atom is 0.0783 e. The fraction of sp³-hybridized carbons (Fsp3) is 0.0588. The van der Waals surface area contributed by atoms with E-state index in [9.17, 15) is 0 Å². The van der Waals surface area contributed by atoms with Crippen molar-refractivity contribution in [1.82, 2.24) is 15.0 Å². The zero-order valence-electron chi connectivity index (χ0n) is 11.1. The molecule has 0 saturated carbocycles. The van der Waals surface area contributed by atoms with Crippen LogP contribution in [-0.4, -0.2) is 15.0 Å². The number of hydrogen-bond donors (Lipinski definition) is 1. The maximum atomic E-state index is 4.57. The minimum absolute atomic E-state index is 1.03. The molecule has 96 valence electrons. The molecule has 3 heteroatoms. The van der Waals surface area contributed by atoms with Gasteiger partial charge in [-0.15, -0.1) is 0 Å². The zero-order valence-corrected chi connectivity index (χ0v) is 11.1. The van der Waals surface area contributed by atoms with E-state index >= 15 is 0 Å². The number of pyridine rings is 2. The molecule has 0 amide bonds. The standard InChI is InChI=1S/C17H13N3/c1-11-4-5-12-3-2-7-20-17(12)16(11)14-9-18-10-15-13(14)6-8-19-15/h2-10,19H,1H3. The fourth-order valence-electron chi connectivity index (χ4n) is 2.77. The molecule has 0 radical (unpaired) electrons. The Morgan fingerprint density at radius 2 is 2.00 bits per heavy atom. The predicted molar refractivity (Wildman–Crippen MR) is 81.6 cm³/mol. The lowest BCUT2D eigenvalue weighted by molar-refractivity contribution is 1.33. The summed E-state index contributed by atoms with van der Waals surface area (Å²) in [6, 6.07) is 10.4. The molecular weight excluding hydrogens is 246 g/mol. The Hall–Kier alpha value is -2.68. The lowest BCUT2D eigenvalue weighted by Crippen LogP contribution is -1.90. The molecule has 0 fully saturated rings. The van der Waals surface area contributed by atoms with Crippen molar-refractivity contribution < 1.29 is 0 Å². The maximum absolute atomic E-state index is 4.57. The van der Waals surface area contributed by atoms with Crippen molar-refractivity contribution >= 4 is 21.8 Å². The van der Waals surface area contributed by atoms with Gasteiger partial charge in [0.15, 0.2) is 0 Å². The summed E-state index contributed by atoms with van der Waals surface area (Å²) in [5.74, 6) is 0. The summed E-state index contributed by atoms with van der Waals surface area (Å²) in [7, 11) is 0. The van der Waals surface area contributed by atoms with Crippen LogP contribution in [0.3, 0.4) is 0 Å². The Kier molecular flexibility index (Phi) is 2.33. The first-order valence-corrected chi connectivity index (χ1v) is 6.60. The van der Waals surface area contributed by atoms with E-state index in [0.717, 1.165) is 22.0 Å². The molecule has 4 aromatic rings. The van der Waals surface area contributed by atoms with Gasteiger partial charge in [-0.25, -0.2) is 0 Å². The van der Waals surface area contributed by atoms with Crippen molar-refractivity contribution in [2.45, 2.75) is 6.92 Å². The smallest absolute Gasteiger partial charge is 0.0783 e. The number of hydrogen-bond acceptors (Lipinski definition) is 2. The number of rotatable bonds is 1. The van der Waals surface area contributed by atoms with Gasteiger partial charge in [0.25, 0.3) is 0 Å². The van der Waals surface area contributed by atoms with Gasteiger partial charge in [-0.1, -0.05) is 18.2 Å². The molecule has 0 atom stereocenters. The monoisotopic (exact) mass is 259 g/mol. The molecule has 1 N–H and O–H groups in total. The van der Waals surface area contributed by atoms with Crippen LogP contribution >= 0.6 is 0 Å². The Bertz CT molecular complexity index is 922. The highest BCUT2D eigenvalue weighted by Crippen LogP contribution is 2.34. The van der Waals surface area contributed by atoms with Gasteiger partial charge in [0.2, 0.25) is 0 Å². The first kappa shape index (κ1) is 11.2. The molecule has 3 aromatic heterocycles. The van der Waals surface area contributed by atoms with E-state index in [1.807, 2.05) is 30.9 Å². The number of benzene rings is 1. The number of aromatic nitrogens is 3. The van der Waals surface area contributed by atoms with Crippen LogP contribution in [0.25, 0.3) is 32.9 Å². The molecular formula is C17H13N3. The summed E-state index contributed by atoms with van der Waals surface area (Å²) in [6.45, 7) is 2.12. The minimum atomic E-state index is 1.03. The van der Waals surface area contributed by atoms with E-state index in [1.165, 1.54) is 16.5 Å². The molecule has 0 unspecified atom stereocenters. The molecule has 0 saturated heterocycles. The molecule has 3 nitrogen and oxygen atoms in total. The second kappa shape index (κ2) is 4.17. The van der Waals surface area contributed by atoms with Gasteiger partial charge in [0.1, 0.15) is 0 Å². The average Bonchev–Trinajstić information content (AvgIpc) is 2.96. The normalized spacial score (nSPS) is 11.2. The minimum Gasteiger partial charge on any atom is -0.360 e. The molecule has 4 rings (SSSR count). The van der Waals surface area contributed by atoms with Crippen molar-refractivity contribution in [3.63, 3.8) is 0 Å². The molecule has 0 aliphatic carbocycles. The average molecular weight is 259 g/mol. The van der Waals surface area contributed by atoms with E-state index in [-0.39, 0.29) is 0 Å². The Balaban J connectivity index is 2.17. The van der Waals surface area contributed by atoms with Gasteiger partial charge >= 0.3 is 0 Å². The fourth-order valence-corrected chi connectivity index (χ4v) is 2.77. The second-order valence-corrected chi connectivity index (χ2v) is 4.96. The van der Waals surface area contributed by atoms with Crippen LogP contribution in [0.4, 0.5) is 0 Å². The lowest BCUT2D eigenvalue weighted by Gasteiger charge is -2.10. The van der Waals surface area contributed by atoms with Gasteiger partial charge in [-0.2, -0.15) is 0 Å².